The lowest BCUT2D eigenvalue weighted by molar-refractivity contribution is 0.750. The molecule has 1 aromatic heterocycles. The molecule has 0 amide bonds. The Balaban J connectivity index is 0.000000980. The molecule has 0 saturated carbocycles. The van der Waals surface area contributed by atoms with E-state index in [2.05, 4.69) is 14.9 Å². The third-order valence-corrected chi connectivity index (χ3v) is 2.33. The van der Waals surface area contributed by atoms with Crippen molar-refractivity contribution >= 4 is 30.0 Å². The van der Waals surface area contributed by atoms with Crippen LogP contribution < -0.4 is 10.6 Å². The molecule has 0 bridgehead atoms. The van der Waals surface area contributed by atoms with Crippen LogP contribution in [0.25, 0.3) is 0 Å². The molecular weight excluding hydrogens is 223 g/mol. The zero-order chi connectivity index (χ0) is 9.26. The number of halogens is 2. The molecule has 1 saturated heterocycles. The molecule has 0 aliphatic carbocycles. The fourth-order valence-electron chi connectivity index (χ4n) is 1.45. The van der Waals surface area contributed by atoms with E-state index in [1.807, 2.05) is 0 Å². The van der Waals surface area contributed by atoms with Gasteiger partial charge >= 0.3 is 0 Å². The molecule has 1 aliphatic heterocycles. The van der Waals surface area contributed by atoms with Crippen molar-refractivity contribution in [1.29, 1.82) is 0 Å². The smallest absolute Gasteiger partial charge is 0.226 e. The highest BCUT2D eigenvalue weighted by Crippen LogP contribution is 2.16. The minimum Gasteiger partial charge on any atom is -0.339 e. The van der Waals surface area contributed by atoms with E-state index >= 15 is 0 Å². The van der Waals surface area contributed by atoms with Gasteiger partial charge in [0.05, 0.1) is 0 Å². The highest BCUT2D eigenvalue weighted by atomic mass is 35.5. The van der Waals surface area contributed by atoms with Crippen LogP contribution in [0.4, 0.5) is 5.95 Å². The number of anilines is 1. The molecule has 14 heavy (non-hydrogen) atoms. The first-order valence-corrected chi connectivity index (χ1v) is 4.62. The van der Waals surface area contributed by atoms with Crippen LogP contribution in [0, 0.1) is 0 Å². The maximum atomic E-state index is 5.77. The Bertz CT molecular complexity index is 307. The second-order valence-electron chi connectivity index (χ2n) is 3.17. The molecule has 0 spiro atoms. The topological polar surface area (TPSA) is 55.0 Å². The zero-order valence-electron chi connectivity index (χ0n) is 7.56. The standard InChI is InChI=1S/C8H11ClN4.ClH/c9-7-1-3-11-8(12-7)13-4-2-6(10)5-13;/h1,3,6H,2,4-5,10H2;1H/t6-;/m1./s1. The van der Waals surface area contributed by atoms with Crippen molar-refractivity contribution in [2.45, 2.75) is 12.5 Å². The third kappa shape index (κ3) is 2.47. The van der Waals surface area contributed by atoms with Gasteiger partial charge in [-0.3, -0.25) is 0 Å². The van der Waals surface area contributed by atoms with Crippen molar-refractivity contribution in [3.05, 3.63) is 17.4 Å². The van der Waals surface area contributed by atoms with Crippen molar-refractivity contribution in [1.82, 2.24) is 9.97 Å². The summed E-state index contributed by atoms with van der Waals surface area (Å²) in [6.07, 6.45) is 2.66. The van der Waals surface area contributed by atoms with Gasteiger partial charge in [-0.05, 0) is 12.5 Å². The van der Waals surface area contributed by atoms with Crippen LogP contribution >= 0.6 is 24.0 Å². The van der Waals surface area contributed by atoms with Crippen molar-refractivity contribution in [2.75, 3.05) is 18.0 Å². The predicted molar refractivity (Wildman–Crippen MR) is 59.1 cm³/mol. The average Bonchev–Trinajstić information content (AvgIpc) is 2.52. The SMILES string of the molecule is Cl.N[C@@H]1CCN(c2nccc(Cl)n2)C1. The highest BCUT2D eigenvalue weighted by molar-refractivity contribution is 6.29. The van der Waals surface area contributed by atoms with Gasteiger partial charge in [0.25, 0.3) is 0 Å². The highest BCUT2D eigenvalue weighted by Gasteiger charge is 2.20. The van der Waals surface area contributed by atoms with E-state index < -0.39 is 0 Å². The van der Waals surface area contributed by atoms with E-state index in [1.165, 1.54) is 0 Å². The molecule has 1 atom stereocenters. The summed E-state index contributed by atoms with van der Waals surface area (Å²) < 4.78 is 0. The Morgan fingerprint density at radius 1 is 1.57 bits per heavy atom. The zero-order valence-corrected chi connectivity index (χ0v) is 9.13. The van der Waals surface area contributed by atoms with Gasteiger partial charge in [-0.2, -0.15) is 0 Å². The predicted octanol–water partition coefficient (Wildman–Crippen LogP) is 1.09. The fourth-order valence-corrected chi connectivity index (χ4v) is 1.58. The summed E-state index contributed by atoms with van der Waals surface area (Å²) in [5.41, 5.74) is 5.77. The van der Waals surface area contributed by atoms with E-state index in [1.54, 1.807) is 12.3 Å². The van der Waals surface area contributed by atoms with Gasteiger partial charge in [-0.25, -0.2) is 9.97 Å². The molecule has 78 valence electrons. The van der Waals surface area contributed by atoms with Crippen molar-refractivity contribution < 1.29 is 0 Å². The van der Waals surface area contributed by atoms with E-state index in [0.717, 1.165) is 19.5 Å². The van der Waals surface area contributed by atoms with Crippen LogP contribution in [-0.2, 0) is 0 Å². The van der Waals surface area contributed by atoms with E-state index in [-0.39, 0.29) is 18.4 Å². The Kier molecular flexibility index (Phi) is 3.92. The van der Waals surface area contributed by atoms with Crippen LogP contribution in [0.1, 0.15) is 6.42 Å². The summed E-state index contributed by atoms with van der Waals surface area (Å²) in [5.74, 6) is 0.681. The lowest BCUT2D eigenvalue weighted by Gasteiger charge is -2.14. The second kappa shape index (κ2) is 4.77. The summed E-state index contributed by atoms with van der Waals surface area (Å²) >= 11 is 5.75. The van der Waals surface area contributed by atoms with Gasteiger partial charge < -0.3 is 10.6 Å². The summed E-state index contributed by atoms with van der Waals surface area (Å²) in [6.45, 7) is 1.74. The van der Waals surface area contributed by atoms with E-state index in [9.17, 15) is 0 Å². The van der Waals surface area contributed by atoms with Crippen LogP contribution in [-0.4, -0.2) is 29.1 Å². The molecule has 2 N–H and O–H groups in total. The minimum atomic E-state index is 0. The van der Waals surface area contributed by atoms with Gasteiger partial charge in [-0.15, -0.1) is 12.4 Å². The van der Waals surface area contributed by atoms with Crippen LogP contribution in [0.3, 0.4) is 0 Å². The number of nitrogens with zero attached hydrogens (tertiary/aromatic N) is 3. The molecule has 1 fully saturated rings. The summed E-state index contributed by atoms with van der Waals surface area (Å²) in [7, 11) is 0. The Morgan fingerprint density at radius 2 is 2.36 bits per heavy atom. The van der Waals surface area contributed by atoms with Crippen LogP contribution in [0.5, 0.6) is 0 Å². The largest absolute Gasteiger partial charge is 0.339 e. The number of rotatable bonds is 1. The summed E-state index contributed by atoms with van der Waals surface area (Å²) in [4.78, 5) is 10.3. The Morgan fingerprint density at radius 3 is 2.93 bits per heavy atom. The number of nitrogens with two attached hydrogens (primary N) is 1. The maximum absolute atomic E-state index is 5.77. The summed E-state index contributed by atoms with van der Waals surface area (Å²) in [6, 6.07) is 1.91. The second-order valence-corrected chi connectivity index (χ2v) is 3.56. The molecule has 0 radical (unpaired) electrons. The van der Waals surface area contributed by atoms with Gasteiger partial charge in [0.1, 0.15) is 5.15 Å². The lowest BCUT2D eigenvalue weighted by Crippen LogP contribution is -2.27. The molecule has 1 aromatic rings. The van der Waals surface area contributed by atoms with E-state index in [4.69, 9.17) is 17.3 Å². The molecule has 2 heterocycles. The molecule has 2 rings (SSSR count). The Hall–Kier alpha value is -0.580. The normalized spacial score (nSPS) is 20.7. The van der Waals surface area contributed by atoms with Crippen molar-refractivity contribution in [3.8, 4) is 0 Å². The minimum absolute atomic E-state index is 0. The van der Waals surface area contributed by atoms with Gasteiger partial charge in [0, 0.05) is 25.3 Å². The summed E-state index contributed by atoms with van der Waals surface area (Å²) in [5, 5.41) is 0.477. The first-order chi connectivity index (χ1) is 6.25. The van der Waals surface area contributed by atoms with E-state index in [0.29, 0.717) is 11.1 Å². The van der Waals surface area contributed by atoms with Gasteiger partial charge in [0.15, 0.2) is 0 Å². The van der Waals surface area contributed by atoms with Gasteiger partial charge in [-0.1, -0.05) is 11.6 Å². The number of hydrogen-bond donors (Lipinski definition) is 1. The quantitative estimate of drug-likeness (QED) is 0.740. The van der Waals surface area contributed by atoms with Crippen LogP contribution in [0.2, 0.25) is 5.15 Å². The van der Waals surface area contributed by atoms with Crippen LogP contribution in [0.15, 0.2) is 12.3 Å². The Labute approximate surface area is 93.9 Å². The first kappa shape index (κ1) is 11.5. The van der Waals surface area contributed by atoms with Gasteiger partial charge in [0.2, 0.25) is 5.95 Å². The molecule has 6 heteroatoms. The number of hydrogen-bond acceptors (Lipinski definition) is 4. The molecule has 1 aliphatic rings. The third-order valence-electron chi connectivity index (χ3n) is 2.12. The van der Waals surface area contributed by atoms with Crippen molar-refractivity contribution in [3.63, 3.8) is 0 Å². The monoisotopic (exact) mass is 234 g/mol. The molecular formula is C8H12Cl2N4. The van der Waals surface area contributed by atoms with Crippen molar-refractivity contribution in [2.24, 2.45) is 5.73 Å². The number of aromatic nitrogens is 2. The average molecular weight is 235 g/mol. The molecule has 4 nitrogen and oxygen atoms in total. The first-order valence-electron chi connectivity index (χ1n) is 4.25. The lowest BCUT2D eigenvalue weighted by atomic mass is 10.3. The molecule has 0 aromatic carbocycles. The molecule has 0 unspecified atom stereocenters. The fraction of sp³-hybridized carbons (Fsp3) is 0.500. The maximum Gasteiger partial charge on any atom is 0.226 e.